The van der Waals surface area contributed by atoms with Gasteiger partial charge in [0.15, 0.2) is 0 Å². The minimum absolute atomic E-state index is 0.196. The predicted molar refractivity (Wildman–Crippen MR) is 115 cm³/mol. The first-order valence-corrected chi connectivity index (χ1v) is 10.4. The van der Waals surface area contributed by atoms with Crippen LogP contribution in [0.5, 0.6) is 5.75 Å². The zero-order chi connectivity index (χ0) is 24.7. The van der Waals surface area contributed by atoms with Crippen LogP contribution in [0.1, 0.15) is 39.4 Å². The fourth-order valence-corrected chi connectivity index (χ4v) is 3.25. The molecule has 10 heteroatoms. The second kappa shape index (κ2) is 11.2. The van der Waals surface area contributed by atoms with Gasteiger partial charge in [0.1, 0.15) is 17.2 Å². The molecule has 1 N–H and O–H groups in total. The lowest BCUT2D eigenvalue weighted by Gasteiger charge is -2.09. The van der Waals surface area contributed by atoms with Gasteiger partial charge in [-0.2, -0.15) is 0 Å². The normalized spacial score (nSPS) is 11.6. The fraction of sp³-hybridized carbons (Fsp3) is 0.333. The molecule has 0 aliphatic carbocycles. The number of carboxylic acids is 1. The molecule has 0 fully saturated rings. The zero-order valence-corrected chi connectivity index (χ0v) is 18.6. The lowest BCUT2D eigenvalue weighted by atomic mass is 10.0. The van der Waals surface area contributed by atoms with Crippen LogP contribution in [-0.4, -0.2) is 35.6 Å². The summed E-state index contributed by atoms with van der Waals surface area (Å²) >= 11 is 0. The van der Waals surface area contributed by atoms with E-state index in [-0.39, 0.29) is 30.4 Å². The van der Waals surface area contributed by atoms with Crippen molar-refractivity contribution in [2.24, 2.45) is 0 Å². The van der Waals surface area contributed by atoms with E-state index in [1.54, 1.807) is 32.0 Å². The molecule has 34 heavy (non-hydrogen) atoms. The minimum Gasteiger partial charge on any atom is -0.478 e. The molecule has 0 radical (unpaired) electrons. The second-order valence-electron chi connectivity index (χ2n) is 7.47. The average Bonchev–Trinajstić information content (AvgIpc) is 3.12. The maximum atomic E-state index is 12.3. The molecule has 3 aromatic rings. The number of aromatic carboxylic acids is 1. The van der Waals surface area contributed by atoms with Gasteiger partial charge in [-0.25, -0.2) is 9.78 Å². The molecule has 0 saturated heterocycles. The third-order valence-electron chi connectivity index (χ3n) is 4.87. The number of ether oxygens (including phenoxy) is 3. The van der Waals surface area contributed by atoms with Crippen LogP contribution < -0.4 is 4.74 Å². The summed E-state index contributed by atoms with van der Waals surface area (Å²) in [5.41, 5.74) is 2.66. The second-order valence-corrected chi connectivity index (χ2v) is 7.47. The molecular formula is C24H24F3NO6. The first-order chi connectivity index (χ1) is 16.1. The molecule has 7 nitrogen and oxygen atoms in total. The maximum Gasteiger partial charge on any atom is 0.573 e. The number of rotatable bonds is 11. The van der Waals surface area contributed by atoms with Gasteiger partial charge in [-0.3, -0.25) is 0 Å². The number of aryl methyl sites for hydroxylation is 2. The van der Waals surface area contributed by atoms with Crippen molar-refractivity contribution in [3.05, 3.63) is 70.6 Å². The number of carbonyl (C=O) groups is 1. The van der Waals surface area contributed by atoms with Gasteiger partial charge in [0.25, 0.3) is 0 Å². The number of oxazole rings is 1. The van der Waals surface area contributed by atoms with Crippen LogP contribution in [0.15, 0.2) is 46.9 Å². The molecule has 3 rings (SSSR count). The van der Waals surface area contributed by atoms with Gasteiger partial charge < -0.3 is 23.7 Å². The van der Waals surface area contributed by atoms with E-state index < -0.39 is 12.3 Å². The molecule has 0 aliphatic rings. The Labute approximate surface area is 194 Å². The predicted octanol–water partition coefficient (Wildman–Crippen LogP) is 5.68. The standard InChI is InChI=1S/C24H24F3NO6/c1-15-5-3-6-18(21(15)23(29)30)13-31-11-4-12-32-14-20-16(2)33-22(28-20)17-7-9-19(10-8-17)34-24(25,26)27/h3,5-10H,4,11-14H2,1-2H3,(H,29,30). The summed E-state index contributed by atoms with van der Waals surface area (Å²) in [6, 6.07) is 10.5. The maximum absolute atomic E-state index is 12.3. The van der Waals surface area contributed by atoms with Gasteiger partial charge in [0, 0.05) is 18.8 Å². The molecule has 0 unspecified atom stereocenters. The Morgan fingerprint density at radius 2 is 1.71 bits per heavy atom. The van der Waals surface area contributed by atoms with E-state index in [4.69, 9.17) is 13.9 Å². The van der Waals surface area contributed by atoms with Crippen molar-refractivity contribution in [2.75, 3.05) is 13.2 Å². The van der Waals surface area contributed by atoms with Crippen LogP contribution in [0.2, 0.25) is 0 Å². The number of carboxylic acid groups (broad SMARTS) is 1. The molecular weight excluding hydrogens is 455 g/mol. The molecule has 1 aromatic heterocycles. The SMILES string of the molecule is Cc1cccc(COCCCOCc2nc(-c3ccc(OC(F)(F)F)cc3)oc2C)c1C(=O)O. The van der Waals surface area contributed by atoms with Crippen molar-refractivity contribution in [3.63, 3.8) is 0 Å². The average molecular weight is 479 g/mol. The van der Waals surface area contributed by atoms with Crippen LogP contribution in [0.25, 0.3) is 11.5 Å². The van der Waals surface area contributed by atoms with Gasteiger partial charge in [0.05, 0.1) is 18.8 Å². The molecule has 0 atom stereocenters. The Hall–Kier alpha value is -3.37. The van der Waals surface area contributed by atoms with Crippen molar-refractivity contribution < 1.29 is 41.7 Å². The lowest BCUT2D eigenvalue weighted by Crippen LogP contribution is -2.16. The van der Waals surface area contributed by atoms with E-state index >= 15 is 0 Å². The summed E-state index contributed by atoms with van der Waals surface area (Å²) in [4.78, 5) is 15.8. The zero-order valence-electron chi connectivity index (χ0n) is 18.6. The third kappa shape index (κ3) is 7.06. The first kappa shape index (κ1) is 25.3. The van der Waals surface area contributed by atoms with Crippen LogP contribution in [0, 0.1) is 13.8 Å². The highest BCUT2D eigenvalue weighted by Gasteiger charge is 2.31. The quantitative estimate of drug-likeness (QED) is 0.354. The van der Waals surface area contributed by atoms with E-state index in [0.29, 0.717) is 47.8 Å². The number of nitrogens with zero attached hydrogens (tertiary/aromatic N) is 1. The molecule has 2 aromatic carbocycles. The Morgan fingerprint density at radius 1 is 1.03 bits per heavy atom. The Morgan fingerprint density at radius 3 is 2.35 bits per heavy atom. The molecule has 182 valence electrons. The Kier molecular flexibility index (Phi) is 8.30. The van der Waals surface area contributed by atoms with Crippen LogP contribution in [-0.2, 0) is 22.7 Å². The van der Waals surface area contributed by atoms with E-state index in [9.17, 15) is 23.1 Å². The van der Waals surface area contributed by atoms with Gasteiger partial charge in [-0.05, 0) is 55.7 Å². The van der Waals surface area contributed by atoms with Gasteiger partial charge in [-0.15, -0.1) is 13.2 Å². The molecule has 0 bridgehead atoms. The van der Waals surface area contributed by atoms with Crippen molar-refractivity contribution in [1.82, 2.24) is 4.98 Å². The highest BCUT2D eigenvalue weighted by Crippen LogP contribution is 2.27. The first-order valence-electron chi connectivity index (χ1n) is 10.4. The highest BCUT2D eigenvalue weighted by atomic mass is 19.4. The van der Waals surface area contributed by atoms with E-state index in [0.717, 1.165) is 0 Å². The smallest absolute Gasteiger partial charge is 0.478 e. The molecule has 0 saturated carbocycles. The number of halogens is 3. The van der Waals surface area contributed by atoms with Crippen molar-refractivity contribution in [3.8, 4) is 17.2 Å². The molecule has 1 heterocycles. The van der Waals surface area contributed by atoms with E-state index in [2.05, 4.69) is 9.72 Å². The Bertz CT molecular complexity index is 1110. The van der Waals surface area contributed by atoms with Crippen LogP contribution in [0.4, 0.5) is 13.2 Å². The minimum atomic E-state index is -4.75. The molecule has 0 amide bonds. The van der Waals surface area contributed by atoms with E-state index in [1.165, 1.54) is 24.3 Å². The van der Waals surface area contributed by atoms with Crippen molar-refractivity contribution in [1.29, 1.82) is 0 Å². The number of benzene rings is 2. The molecule has 0 spiro atoms. The van der Waals surface area contributed by atoms with Gasteiger partial charge in [-0.1, -0.05) is 18.2 Å². The topological polar surface area (TPSA) is 91.0 Å². The van der Waals surface area contributed by atoms with Crippen LogP contribution >= 0.6 is 0 Å². The highest BCUT2D eigenvalue weighted by molar-refractivity contribution is 5.91. The molecule has 0 aliphatic heterocycles. The Balaban J connectivity index is 1.42. The summed E-state index contributed by atoms with van der Waals surface area (Å²) < 4.78 is 57.5. The van der Waals surface area contributed by atoms with Gasteiger partial charge in [0.2, 0.25) is 5.89 Å². The fourth-order valence-electron chi connectivity index (χ4n) is 3.25. The third-order valence-corrected chi connectivity index (χ3v) is 4.87. The summed E-state index contributed by atoms with van der Waals surface area (Å²) in [6.45, 7) is 4.65. The summed E-state index contributed by atoms with van der Waals surface area (Å²) in [7, 11) is 0. The number of hydrogen-bond acceptors (Lipinski definition) is 6. The van der Waals surface area contributed by atoms with Crippen molar-refractivity contribution in [2.45, 2.75) is 39.8 Å². The number of aromatic nitrogens is 1. The summed E-state index contributed by atoms with van der Waals surface area (Å²) in [5.74, 6) is -0.493. The van der Waals surface area contributed by atoms with Gasteiger partial charge >= 0.3 is 12.3 Å². The van der Waals surface area contributed by atoms with Crippen molar-refractivity contribution >= 4 is 5.97 Å². The number of hydrogen-bond donors (Lipinski definition) is 1. The largest absolute Gasteiger partial charge is 0.573 e. The monoisotopic (exact) mass is 479 g/mol. The number of alkyl halides is 3. The van der Waals surface area contributed by atoms with Crippen LogP contribution in [0.3, 0.4) is 0 Å². The van der Waals surface area contributed by atoms with E-state index in [1.807, 2.05) is 0 Å². The summed E-state index contributed by atoms with van der Waals surface area (Å²) in [6.07, 6.45) is -4.16. The lowest BCUT2D eigenvalue weighted by molar-refractivity contribution is -0.274. The summed E-state index contributed by atoms with van der Waals surface area (Å²) in [5, 5.41) is 9.34.